The molecule has 1 aliphatic carbocycles. The van der Waals surface area contributed by atoms with Crippen molar-refractivity contribution >= 4 is 11.4 Å². The van der Waals surface area contributed by atoms with Crippen LogP contribution in [0.1, 0.15) is 35.6 Å². The quantitative estimate of drug-likeness (QED) is 0.830. The number of benzene rings is 2. The van der Waals surface area contributed by atoms with Crippen LogP contribution >= 0.6 is 0 Å². The van der Waals surface area contributed by atoms with Crippen LogP contribution in [0.25, 0.3) is 0 Å². The molecule has 3 nitrogen and oxygen atoms in total. The van der Waals surface area contributed by atoms with Crippen molar-refractivity contribution < 1.29 is 0 Å². The molecule has 0 bridgehead atoms. The van der Waals surface area contributed by atoms with Gasteiger partial charge in [0.05, 0.1) is 11.8 Å². The number of nitrogens with zero attached hydrogens (tertiary/aromatic N) is 3. The van der Waals surface area contributed by atoms with E-state index in [2.05, 4.69) is 79.6 Å². The lowest BCUT2D eigenvalue weighted by Crippen LogP contribution is -2.23. The van der Waals surface area contributed by atoms with Gasteiger partial charge in [0.1, 0.15) is 0 Å². The Hall–Kier alpha value is -2.29. The van der Waals surface area contributed by atoms with Crippen molar-refractivity contribution in [1.82, 2.24) is 5.01 Å². The molecular weight excluding hydrogens is 294 g/mol. The molecule has 4 rings (SSSR count). The number of hydrogen-bond acceptors (Lipinski definition) is 3. The first kappa shape index (κ1) is 15.3. The summed E-state index contributed by atoms with van der Waals surface area (Å²) in [4.78, 5) is 2.14. The third-order valence-corrected chi connectivity index (χ3v) is 5.41. The van der Waals surface area contributed by atoms with Gasteiger partial charge in [-0.3, -0.25) is 5.01 Å². The van der Waals surface area contributed by atoms with Gasteiger partial charge in [0.2, 0.25) is 0 Å². The molecule has 0 aromatic heterocycles. The lowest BCUT2D eigenvalue weighted by molar-refractivity contribution is 0.243. The fraction of sp³-hybridized carbons (Fsp3) is 0.381. The number of hydrazone groups is 1. The van der Waals surface area contributed by atoms with Crippen LogP contribution in [-0.4, -0.2) is 31.9 Å². The molecule has 0 spiro atoms. The van der Waals surface area contributed by atoms with Crippen molar-refractivity contribution in [3.05, 3.63) is 65.2 Å². The zero-order chi connectivity index (χ0) is 16.7. The van der Waals surface area contributed by atoms with Gasteiger partial charge in [-0.15, -0.1) is 0 Å². The third-order valence-electron chi connectivity index (χ3n) is 5.41. The van der Waals surface area contributed by atoms with E-state index in [9.17, 15) is 0 Å². The smallest absolute Gasteiger partial charge is 0.0801 e. The van der Waals surface area contributed by atoms with Crippen LogP contribution in [-0.2, 0) is 6.42 Å². The summed E-state index contributed by atoms with van der Waals surface area (Å²) in [7, 11) is 6.29. The van der Waals surface area contributed by atoms with E-state index >= 15 is 0 Å². The van der Waals surface area contributed by atoms with Crippen molar-refractivity contribution in [2.45, 2.75) is 25.3 Å². The van der Waals surface area contributed by atoms with Gasteiger partial charge in [0.25, 0.3) is 0 Å². The minimum Gasteiger partial charge on any atom is -0.378 e. The molecule has 3 heteroatoms. The fourth-order valence-corrected chi connectivity index (χ4v) is 4.18. The lowest BCUT2D eigenvalue weighted by Gasteiger charge is -2.26. The summed E-state index contributed by atoms with van der Waals surface area (Å²) >= 11 is 0. The number of rotatable bonds is 2. The van der Waals surface area contributed by atoms with E-state index in [4.69, 9.17) is 5.10 Å². The van der Waals surface area contributed by atoms with Crippen molar-refractivity contribution in [3.8, 4) is 0 Å². The zero-order valence-electron chi connectivity index (χ0n) is 14.7. The Bertz CT molecular complexity index is 761. The molecule has 0 saturated heterocycles. The van der Waals surface area contributed by atoms with Gasteiger partial charge >= 0.3 is 0 Å². The summed E-state index contributed by atoms with van der Waals surface area (Å²) in [6, 6.07) is 18.1. The van der Waals surface area contributed by atoms with Gasteiger partial charge < -0.3 is 4.90 Å². The molecule has 0 unspecified atom stereocenters. The molecule has 0 radical (unpaired) electrons. The molecule has 0 saturated carbocycles. The maximum atomic E-state index is 4.97. The highest BCUT2D eigenvalue weighted by Gasteiger charge is 2.38. The minimum atomic E-state index is 0.349. The van der Waals surface area contributed by atoms with Crippen molar-refractivity contribution in [2.24, 2.45) is 11.0 Å². The Kier molecular flexibility index (Phi) is 3.79. The first-order valence-electron chi connectivity index (χ1n) is 8.82. The summed E-state index contributed by atoms with van der Waals surface area (Å²) < 4.78 is 0. The van der Waals surface area contributed by atoms with E-state index in [0.717, 1.165) is 0 Å². The minimum absolute atomic E-state index is 0.349. The molecule has 0 amide bonds. The highest BCUT2D eigenvalue weighted by molar-refractivity contribution is 6.05. The van der Waals surface area contributed by atoms with Crippen molar-refractivity contribution in [2.75, 3.05) is 26.0 Å². The molecule has 1 heterocycles. The molecule has 2 aromatic rings. The molecule has 24 heavy (non-hydrogen) atoms. The van der Waals surface area contributed by atoms with Crippen LogP contribution in [0.2, 0.25) is 0 Å². The molecule has 124 valence electrons. The van der Waals surface area contributed by atoms with Gasteiger partial charge in [-0.2, -0.15) is 5.10 Å². The Morgan fingerprint density at radius 2 is 1.79 bits per heavy atom. The Morgan fingerprint density at radius 3 is 2.54 bits per heavy atom. The standard InChI is InChI=1S/C21H25N3/c1-23(2)17-13-11-16(12-14-17)21-19-10-6-8-15-7-4-5-9-18(15)20(19)22-24(21)3/h4-5,7,9,11-14,19,21H,6,8,10H2,1-3H3/t19-,21+/m0/s1. The van der Waals surface area contributed by atoms with Gasteiger partial charge in [-0.1, -0.05) is 36.4 Å². The SMILES string of the molecule is CN(C)c1ccc([C@@H]2[C@H]3CCCc4ccccc4C3=NN2C)cc1. The Labute approximate surface area is 144 Å². The van der Waals surface area contributed by atoms with Crippen molar-refractivity contribution in [1.29, 1.82) is 0 Å². The van der Waals surface area contributed by atoms with Gasteiger partial charge in [0, 0.05) is 38.3 Å². The molecule has 0 fully saturated rings. The average molecular weight is 319 g/mol. The van der Waals surface area contributed by atoms with E-state index < -0.39 is 0 Å². The fourth-order valence-electron chi connectivity index (χ4n) is 4.18. The predicted molar refractivity (Wildman–Crippen MR) is 101 cm³/mol. The molecule has 2 aromatic carbocycles. The van der Waals surface area contributed by atoms with Crippen LogP contribution in [0, 0.1) is 5.92 Å². The largest absolute Gasteiger partial charge is 0.378 e. The molecule has 2 aliphatic rings. The molecule has 0 N–H and O–H groups in total. The van der Waals surface area contributed by atoms with Gasteiger partial charge in [-0.25, -0.2) is 0 Å². The van der Waals surface area contributed by atoms with E-state index in [-0.39, 0.29) is 0 Å². The average Bonchev–Trinajstić information content (AvgIpc) is 2.81. The summed E-state index contributed by atoms with van der Waals surface area (Å²) in [5.74, 6) is 0.490. The monoisotopic (exact) mass is 319 g/mol. The zero-order valence-corrected chi connectivity index (χ0v) is 14.7. The molecule has 1 aliphatic heterocycles. The van der Waals surface area contributed by atoms with Crippen LogP contribution in [0.3, 0.4) is 0 Å². The number of anilines is 1. The Balaban J connectivity index is 1.70. The maximum absolute atomic E-state index is 4.97. The van der Waals surface area contributed by atoms with Crippen LogP contribution in [0.5, 0.6) is 0 Å². The second-order valence-corrected chi connectivity index (χ2v) is 7.15. The first-order valence-corrected chi connectivity index (χ1v) is 8.82. The molecule has 2 atom stereocenters. The summed E-state index contributed by atoms with van der Waals surface area (Å²) in [5, 5.41) is 7.14. The number of aryl methyl sites for hydroxylation is 1. The Morgan fingerprint density at radius 1 is 1.04 bits per heavy atom. The maximum Gasteiger partial charge on any atom is 0.0801 e. The lowest BCUT2D eigenvalue weighted by atomic mass is 9.85. The van der Waals surface area contributed by atoms with E-state index in [1.54, 1.807) is 0 Å². The third kappa shape index (κ3) is 2.48. The van der Waals surface area contributed by atoms with Crippen LogP contribution < -0.4 is 4.90 Å². The summed E-state index contributed by atoms with van der Waals surface area (Å²) in [6.07, 6.45) is 3.61. The summed E-state index contributed by atoms with van der Waals surface area (Å²) in [6.45, 7) is 0. The summed E-state index contributed by atoms with van der Waals surface area (Å²) in [5.41, 5.74) is 6.71. The van der Waals surface area contributed by atoms with Crippen molar-refractivity contribution in [3.63, 3.8) is 0 Å². The molecular formula is C21H25N3. The number of hydrogen-bond donors (Lipinski definition) is 0. The van der Waals surface area contributed by atoms with Crippen LogP contribution in [0.4, 0.5) is 5.69 Å². The van der Waals surface area contributed by atoms with E-state index in [1.165, 1.54) is 47.4 Å². The highest BCUT2D eigenvalue weighted by Crippen LogP contribution is 2.41. The van der Waals surface area contributed by atoms with Gasteiger partial charge in [0.15, 0.2) is 0 Å². The number of fused-ring (bicyclic) bond motifs is 3. The first-order chi connectivity index (χ1) is 11.6. The van der Waals surface area contributed by atoms with E-state index in [0.29, 0.717) is 12.0 Å². The second-order valence-electron chi connectivity index (χ2n) is 7.15. The van der Waals surface area contributed by atoms with Gasteiger partial charge in [-0.05, 0) is 42.5 Å². The van der Waals surface area contributed by atoms with Crippen LogP contribution in [0.15, 0.2) is 53.6 Å². The highest BCUT2D eigenvalue weighted by atomic mass is 15.5. The van der Waals surface area contributed by atoms with E-state index in [1.807, 2.05) is 0 Å². The topological polar surface area (TPSA) is 18.8 Å². The predicted octanol–water partition coefficient (Wildman–Crippen LogP) is 4.10. The normalized spacial score (nSPS) is 22.5. The second kappa shape index (κ2) is 5.97.